The summed E-state index contributed by atoms with van der Waals surface area (Å²) in [6.07, 6.45) is -2.24. The number of halogens is 1. The SMILES string of the molecule is CC(=O)C(C)c1cccc2c1NC(=O)C(NC(=O)OCc1ccccc1)N=C2c1ccccc1F. The van der Waals surface area contributed by atoms with Crippen LogP contribution < -0.4 is 10.6 Å². The number of aliphatic imine (C=N–C) groups is 1. The molecule has 4 rings (SSSR count). The molecule has 0 spiro atoms. The molecule has 0 saturated heterocycles. The van der Waals surface area contributed by atoms with Gasteiger partial charge >= 0.3 is 6.09 Å². The lowest BCUT2D eigenvalue weighted by Gasteiger charge is -2.18. The van der Waals surface area contributed by atoms with Crippen LogP contribution in [-0.4, -0.2) is 29.7 Å². The van der Waals surface area contributed by atoms with Crippen LogP contribution in [0.2, 0.25) is 0 Å². The van der Waals surface area contributed by atoms with E-state index in [-0.39, 0.29) is 23.7 Å². The van der Waals surface area contributed by atoms with Crippen molar-refractivity contribution < 1.29 is 23.5 Å². The van der Waals surface area contributed by atoms with Gasteiger partial charge in [-0.15, -0.1) is 0 Å². The Morgan fingerprint density at radius 1 is 1.03 bits per heavy atom. The van der Waals surface area contributed by atoms with Crippen LogP contribution in [0.15, 0.2) is 77.8 Å². The summed E-state index contributed by atoms with van der Waals surface area (Å²) < 4.78 is 20.1. The fourth-order valence-corrected chi connectivity index (χ4v) is 3.78. The normalized spacial score (nSPS) is 15.7. The van der Waals surface area contributed by atoms with E-state index in [1.54, 1.807) is 55.5 Å². The van der Waals surface area contributed by atoms with Gasteiger partial charge in [0.2, 0.25) is 6.17 Å². The second kappa shape index (κ2) is 10.3. The van der Waals surface area contributed by atoms with Crippen LogP contribution in [0.5, 0.6) is 0 Å². The molecular formula is C27H24FN3O4. The molecule has 0 aliphatic carbocycles. The molecule has 0 aromatic heterocycles. The van der Waals surface area contributed by atoms with Crippen molar-refractivity contribution in [3.63, 3.8) is 0 Å². The number of para-hydroxylation sites is 1. The molecule has 3 aromatic rings. The van der Waals surface area contributed by atoms with Crippen molar-refractivity contribution in [3.05, 3.63) is 101 Å². The molecular weight excluding hydrogens is 449 g/mol. The molecule has 2 N–H and O–H groups in total. The number of anilines is 1. The standard InChI is InChI=1S/C27H24FN3O4/c1-16(17(2)32)19-12-8-13-21-23(19)30-26(33)25(29-24(21)20-11-6-7-14-22(20)28)31-27(34)35-15-18-9-4-3-5-10-18/h3-14,16,25H,15H2,1-2H3,(H,30,33)(H,31,34). The van der Waals surface area contributed by atoms with Gasteiger partial charge in [0.25, 0.3) is 5.91 Å². The summed E-state index contributed by atoms with van der Waals surface area (Å²) in [7, 11) is 0. The van der Waals surface area contributed by atoms with E-state index in [0.29, 0.717) is 16.8 Å². The number of hydrogen-bond donors (Lipinski definition) is 2. The minimum atomic E-state index is -1.39. The van der Waals surface area contributed by atoms with Gasteiger partial charge in [-0.3, -0.25) is 14.9 Å². The first-order chi connectivity index (χ1) is 16.8. The van der Waals surface area contributed by atoms with Crippen molar-refractivity contribution in [2.45, 2.75) is 32.5 Å². The Morgan fingerprint density at radius 2 is 1.71 bits per heavy atom. The third-order valence-electron chi connectivity index (χ3n) is 5.78. The minimum Gasteiger partial charge on any atom is -0.445 e. The van der Waals surface area contributed by atoms with Crippen molar-refractivity contribution in [2.75, 3.05) is 5.32 Å². The number of benzodiazepines with no additional fused rings is 1. The monoisotopic (exact) mass is 473 g/mol. The quantitative estimate of drug-likeness (QED) is 0.549. The summed E-state index contributed by atoms with van der Waals surface area (Å²) in [6.45, 7) is 3.19. The highest BCUT2D eigenvalue weighted by Crippen LogP contribution is 2.33. The molecule has 2 unspecified atom stereocenters. The minimum absolute atomic E-state index is 0.00535. The fraction of sp³-hybridized carbons (Fsp3) is 0.185. The van der Waals surface area contributed by atoms with E-state index >= 15 is 0 Å². The number of rotatable bonds is 6. The number of Topliss-reactive ketones (excluding diaryl/α,β-unsaturated/α-hetero) is 1. The highest BCUT2D eigenvalue weighted by Gasteiger charge is 2.31. The number of carbonyl (C=O) groups excluding carboxylic acids is 3. The Bertz CT molecular complexity index is 1310. The second-order valence-corrected chi connectivity index (χ2v) is 8.16. The van der Waals surface area contributed by atoms with Gasteiger partial charge in [0.15, 0.2) is 0 Å². The van der Waals surface area contributed by atoms with E-state index in [4.69, 9.17) is 4.74 Å². The molecule has 0 saturated carbocycles. The summed E-state index contributed by atoms with van der Waals surface area (Å²) in [4.78, 5) is 42.2. The molecule has 0 radical (unpaired) electrons. The van der Waals surface area contributed by atoms with Crippen LogP contribution in [0.4, 0.5) is 14.9 Å². The third-order valence-corrected chi connectivity index (χ3v) is 5.78. The largest absolute Gasteiger partial charge is 0.445 e. The number of nitrogens with zero attached hydrogens (tertiary/aromatic N) is 1. The van der Waals surface area contributed by atoms with Gasteiger partial charge < -0.3 is 10.1 Å². The first-order valence-electron chi connectivity index (χ1n) is 11.1. The molecule has 1 aliphatic rings. The summed E-state index contributed by atoms with van der Waals surface area (Å²) in [5, 5.41) is 5.23. The third kappa shape index (κ3) is 5.27. The number of benzene rings is 3. The van der Waals surface area contributed by atoms with Crippen LogP contribution in [0.3, 0.4) is 0 Å². The zero-order valence-corrected chi connectivity index (χ0v) is 19.2. The number of carbonyl (C=O) groups is 3. The van der Waals surface area contributed by atoms with Gasteiger partial charge in [-0.2, -0.15) is 0 Å². The predicted molar refractivity (Wildman–Crippen MR) is 130 cm³/mol. The molecule has 178 valence electrons. The molecule has 1 aliphatic heterocycles. The predicted octanol–water partition coefficient (Wildman–Crippen LogP) is 4.56. The van der Waals surface area contributed by atoms with E-state index in [2.05, 4.69) is 15.6 Å². The number of hydrogen-bond acceptors (Lipinski definition) is 5. The summed E-state index contributed by atoms with van der Waals surface area (Å²) in [5.41, 5.74) is 2.46. The summed E-state index contributed by atoms with van der Waals surface area (Å²) in [6, 6.07) is 20.2. The van der Waals surface area contributed by atoms with Crippen molar-refractivity contribution in [1.82, 2.24) is 5.32 Å². The van der Waals surface area contributed by atoms with Gasteiger partial charge in [-0.25, -0.2) is 14.2 Å². The zero-order valence-electron chi connectivity index (χ0n) is 19.2. The second-order valence-electron chi connectivity index (χ2n) is 8.16. The molecule has 2 amide bonds. The molecule has 7 nitrogen and oxygen atoms in total. The van der Waals surface area contributed by atoms with Gasteiger partial charge in [0.1, 0.15) is 18.2 Å². The highest BCUT2D eigenvalue weighted by molar-refractivity contribution is 6.20. The van der Waals surface area contributed by atoms with Gasteiger partial charge in [-0.1, -0.05) is 67.6 Å². The van der Waals surface area contributed by atoms with Crippen molar-refractivity contribution in [2.24, 2.45) is 4.99 Å². The van der Waals surface area contributed by atoms with E-state index in [1.165, 1.54) is 13.0 Å². The lowest BCUT2D eigenvalue weighted by Crippen LogP contribution is -2.42. The fourth-order valence-electron chi connectivity index (χ4n) is 3.78. The number of nitrogens with one attached hydrogen (secondary N) is 2. The van der Waals surface area contributed by atoms with Crippen molar-refractivity contribution in [3.8, 4) is 0 Å². The topological polar surface area (TPSA) is 96.9 Å². The Hall–Kier alpha value is -4.33. The molecule has 1 heterocycles. The number of fused-ring (bicyclic) bond motifs is 1. The number of alkyl carbamates (subject to hydrolysis) is 1. The van der Waals surface area contributed by atoms with E-state index in [0.717, 1.165) is 5.56 Å². The molecule has 0 fully saturated rings. The number of ketones is 1. The smallest absolute Gasteiger partial charge is 0.409 e. The Morgan fingerprint density at radius 3 is 2.43 bits per heavy atom. The van der Waals surface area contributed by atoms with E-state index in [9.17, 15) is 18.8 Å². The van der Waals surface area contributed by atoms with Crippen LogP contribution in [0, 0.1) is 5.82 Å². The first-order valence-corrected chi connectivity index (χ1v) is 11.1. The highest BCUT2D eigenvalue weighted by atomic mass is 19.1. The molecule has 0 bridgehead atoms. The van der Waals surface area contributed by atoms with Crippen LogP contribution in [0.1, 0.15) is 42.0 Å². The van der Waals surface area contributed by atoms with Gasteiger partial charge in [0, 0.05) is 17.0 Å². The molecule has 35 heavy (non-hydrogen) atoms. The van der Waals surface area contributed by atoms with Crippen LogP contribution in [-0.2, 0) is 20.9 Å². The maximum absolute atomic E-state index is 14.8. The van der Waals surface area contributed by atoms with Crippen molar-refractivity contribution >= 4 is 29.2 Å². The average molecular weight is 474 g/mol. The first kappa shape index (κ1) is 23.8. The molecule has 8 heteroatoms. The van der Waals surface area contributed by atoms with Gasteiger partial charge in [-0.05, 0) is 30.2 Å². The lowest BCUT2D eigenvalue weighted by atomic mass is 9.90. The summed E-state index contributed by atoms with van der Waals surface area (Å²) in [5.74, 6) is -1.80. The average Bonchev–Trinajstić information content (AvgIpc) is 2.99. The maximum Gasteiger partial charge on any atom is 0.409 e. The van der Waals surface area contributed by atoms with Crippen LogP contribution >= 0.6 is 0 Å². The van der Waals surface area contributed by atoms with E-state index < -0.39 is 29.9 Å². The molecule has 3 aromatic carbocycles. The number of amides is 2. The Balaban J connectivity index is 1.71. The Kier molecular flexibility index (Phi) is 7.01. The van der Waals surface area contributed by atoms with Gasteiger partial charge in [0.05, 0.1) is 11.4 Å². The van der Waals surface area contributed by atoms with E-state index in [1.807, 2.05) is 18.2 Å². The Labute approximate surface area is 202 Å². The van der Waals surface area contributed by atoms with Crippen LogP contribution in [0.25, 0.3) is 0 Å². The van der Waals surface area contributed by atoms with Crippen molar-refractivity contribution in [1.29, 1.82) is 0 Å². The lowest BCUT2D eigenvalue weighted by molar-refractivity contribution is -0.119. The zero-order chi connectivity index (χ0) is 24.9. The maximum atomic E-state index is 14.8. The summed E-state index contributed by atoms with van der Waals surface area (Å²) >= 11 is 0. The number of ether oxygens (including phenoxy) is 1. The molecule has 2 atom stereocenters.